The standard InChI is InChI=1S/C46H46N10O5S2/c1-27-9-11-32(38(20-27)53-18-5-7-29(47)25-53)51-45(58)43-31(22-42(63-43)56-35-8-4-3-6-28(35)23-50-56)34-26-54(19-17-49-34)36-15-16-48-24-33(36)52-44(57)40-13-14-41(62-40)55-37-12-10-30(60-2)21-39(37)61-46(55)59/h3-4,6,8,10-16,20-24,27,29,34,49H,5,7,9,17-19,25-26,47H2,1-2H3,(H,51,58)(H,52,57). The van der Waals surface area contributed by atoms with E-state index in [1.165, 1.54) is 27.2 Å². The maximum absolute atomic E-state index is 14.7. The highest BCUT2D eigenvalue weighted by atomic mass is 32.1. The zero-order chi connectivity index (χ0) is 43.2. The van der Waals surface area contributed by atoms with Gasteiger partial charge in [-0.3, -0.25) is 14.6 Å². The topological polar surface area (TPSA) is 178 Å². The Morgan fingerprint density at radius 1 is 0.952 bits per heavy atom. The molecule has 2 aromatic carbocycles. The Bertz CT molecular complexity index is 2990. The number of carbonyl (C=O) groups excluding carboxylic acids is 2. The lowest BCUT2D eigenvalue weighted by Crippen LogP contribution is -2.46. The summed E-state index contributed by atoms with van der Waals surface area (Å²) in [6.07, 6.45) is 12.4. The molecule has 1 aliphatic carbocycles. The molecule has 7 aromatic rings. The molecule has 322 valence electrons. The third-order valence-electron chi connectivity index (χ3n) is 11.9. The number of benzene rings is 2. The van der Waals surface area contributed by atoms with Crippen LogP contribution in [0.5, 0.6) is 5.75 Å². The van der Waals surface area contributed by atoms with Crippen molar-refractivity contribution in [2.75, 3.05) is 50.1 Å². The van der Waals surface area contributed by atoms with E-state index >= 15 is 0 Å². The van der Waals surface area contributed by atoms with Gasteiger partial charge in [-0.2, -0.15) is 5.10 Å². The number of rotatable bonds is 10. The fraction of sp³-hybridized carbons (Fsp3) is 0.283. The van der Waals surface area contributed by atoms with Gasteiger partial charge >= 0.3 is 5.76 Å². The smallest absolute Gasteiger partial charge is 0.425 e. The molecular weight excluding hydrogens is 837 g/mol. The third kappa shape index (κ3) is 7.92. The first-order valence-electron chi connectivity index (χ1n) is 21.1. The molecule has 2 amide bonds. The first kappa shape index (κ1) is 40.5. The normalized spacial score (nSPS) is 19.3. The number of para-hydroxylation sites is 1. The quantitative estimate of drug-likeness (QED) is 0.113. The molecule has 2 saturated heterocycles. The van der Waals surface area contributed by atoms with Crippen LogP contribution in [0.3, 0.4) is 0 Å². The second-order valence-corrected chi connectivity index (χ2v) is 18.2. The number of pyridine rings is 1. The van der Waals surface area contributed by atoms with Gasteiger partial charge in [0, 0.05) is 56.4 Å². The van der Waals surface area contributed by atoms with Crippen molar-refractivity contribution in [3.63, 3.8) is 0 Å². The zero-order valence-corrected chi connectivity index (χ0v) is 36.4. The van der Waals surface area contributed by atoms with E-state index in [4.69, 9.17) is 20.0 Å². The fourth-order valence-electron chi connectivity index (χ4n) is 8.74. The number of carbonyl (C=O) groups is 2. The minimum Gasteiger partial charge on any atom is -0.497 e. The Kier molecular flexibility index (Phi) is 10.9. The molecule has 0 bridgehead atoms. The molecule has 3 atom stereocenters. The van der Waals surface area contributed by atoms with Gasteiger partial charge in [0.15, 0.2) is 5.58 Å². The molecule has 15 nitrogen and oxygen atoms in total. The Labute approximate surface area is 370 Å². The number of allylic oxidation sites excluding steroid dienone is 2. The number of hydrogen-bond donors (Lipinski definition) is 4. The van der Waals surface area contributed by atoms with E-state index in [9.17, 15) is 14.4 Å². The van der Waals surface area contributed by atoms with E-state index in [2.05, 4.69) is 55.9 Å². The molecular formula is C46H46N10O5S2. The Morgan fingerprint density at radius 3 is 2.71 bits per heavy atom. The number of aromatic nitrogens is 4. The number of likely N-dealkylation sites (tertiary alicyclic amines) is 1. The number of nitrogens with zero attached hydrogens (tertiary/aromatic N) is 6. The Morgan fingerprint density at radius 2 is 1.84 bits per heavy atom. The molecule has 0 spiro atoms. The van der Waals surface area contributed by atoms with Gasteiger partial charge in [-0.05, 0) is 73.2 Å². The highest BCUT2D eigenvalue weighted by Crippen LogP contribution is 2.37. The summed E-state index contributed by atoms with van der Waals surface area (Å²) >= 11 is 2.60. The number of anilines is 2. The summed E-state index contributed by atoms with van der Waals surface area (Å²) in [6, 6.07) is 20.4. The van der Waals surface area contributed by atoms with Crippen LogP contribution in [0.25, 0.3) is 32.0 Å². The second kappa shape index (κ2) is 17.0. The van der Waals surface area contributed by atoms with Gasteiger partial charge in [-0.1, -0.05) is 37.3 Å². The molecule has 63 heavy (non-hydrogen) atoms. The summed E-state index contributed by atoms with van der Waals surface area (Å²) in [5, 5.41) is 17.2. The second-order valence-electron chi connectivity index (χ2n) is 16.1. The Balaban J connectivity index is 0.925. The maximum Gasteiger partial charge on any atom is 0.425 e. The molecule has 5 aromatic heterocycles. The zero-order valence-electron chi connectivity index (χ0n) is 34.7. The highest BCUT2D eigenvalue weighted by molar-refractivity contribution is 7.17. The highest BCUT2D eigenvalue weighted by Gasteiger charge is 2.31. The van der Waals surface area contributed by atoms with Crippen LogP contribution in [0, 0.1) is 5.92 Å². The van der Waals surface area contributed by atoms with Crippen LogP contribution in [-0.4, -0.2) is 81.9 Å². The van der Waals surface area contributed by atoms with Crippen molar-refractivity contribution in [1.82, 2.24) is 34.9 Å². The number of hydrogen-bond acceptors (Lipinski definition) is 13. The van der Waals surface area contributed by atoms with Gasteiger partial charge in [0.1, 0.15) is 15.8 Å². The first-order chi connectivity index (χ1) is 30.7. The minimum absolute atomic E-state index is 0.0918. The van der Waals surface area contributed by atoms with Gasteiger partial charge < -0.3 is 40.6 Å². The number of fused-ring (bicyclic) bond motifs is 2. The summed E-state index contributed by atoms with van der Waals surface area (Å²) in [5.41, 5.74) is 12.4. The number of nitrogens with one attached hydrogen (secondary N) is 3. The minimum atomic E-state index is -0.559. The maximum atomic E-state index is 14.7. The Hall–Kier alpha value is -6.53. The predicted molar refractivity (Wildman–Crippen MR) is 247 cm³/mol. The lowest BCUT2D eigenvalue weighted by atomic mass is 9.96. The van der Waals surface area contributed by atoms with Crippen molar-refractivity contribution < 1.29 is 18.7 Å². The van der Waals surface area contributed by atoms with Crippen molar-refractivity contribution in [2.45, 2.75) is 38.3 Å². The van der Waals surface area contributed by atoms with Gasteiger partial charge in [-0.15, -0.1) is 22.7 Å². The number of piperazine rings is 1. The van der Waals surface area contributed by atoms with Crippen LogP contribution in [0.1, 0.15) is 57.1 Å². The summed E-state index contributed by atoms with van der Waals surface area (Å²) in [7, 11) is 1.55. The molecule has 17 heteroatoms. The molecule has 10 rings (SSSR count). The predicted octanol–water partition coefficient (Wildman–Crippen LogP) is 6.81. The lowest BCUT2D eigenvalue weighted by Gasteiger charge is -2.37. The lowest BCUT2D eigenvalue weighted by molar-refractivity contribution is 0.0965. The molecule has 5 N–H and O–H groups in total. The third-order valence-corrected chi connectivity index (χ3v) is 14.1. The van der Waals surface area contributed by atoms with Crippen molar-refractivity contribution in [3.8, 4) is 15.8 Å². The number of thiophene rings is 2. The van der Waals surface area contributed by atoms with Crippen LogP contribution >= 0.6 is 22.7 Å². The van der Waals surface area contributed by atoms with E-state index in [1.807, 2.05) is 41.2 Å². The van der Waals surface area contributed by atoms with Crippen molar-refractivity contribution in [1.29, 1.82) is 0 Å². The monoisotopic (exact) mass is 882 g/mol. The average molecular weight is 883 g/mol. The number of piperidine rings is 1. The SMILES string of the molecule is COc1ccc2c(c1)oc(=O)n2-c1ccc(C(=O)Nc2cnccc2N2CCNC(c3cc(-n4ncc5ccccc54)sc3C(=O)NC3=CCC(C)C=C3N3CCCC(N)C3)C2)s1. The van der Waals surface area contributed by atoms with Gasteiger partial charge in [0.25, 0.3) is 11.8 Å². The van der Waals surface area contributed by atoms with Gasteiger partial charge in [0.2, 0.25) is 0 Å². The van der Waals surface area contributed by atoms with Gasteiger partial charge in [-0.25, -0.2) is 14.0 Å². The summed E-state index contributed by atoms with van der Waals surface area (Å²) in [5.74, 6) is -0.162. The summed E-state index contributed by atoms with van der Waals surface area (Å²) in [6.45, 7) is 5.62. The van der Waals surface area contributed by atoms with E-state index in [-0.39, 0.29) is 23.9 Å². The molecule has 2 fully saturated rings. The first-order valence-corrected chi connectivity index (χ1v) is 22.7. The molecule has 0 radical (unpaired) electrons. The van der Waals surface area contributed by atoms with Crippen LogP contribution in [0.15, 0.2) is 118 Å². The molecule has 3 unspecified atom stereocenters. The number of oxazole rings is 1. The van der Waals surface area contributed by atoms with E-state index in [1.54, 1.807) is 49.8 Å². The fourth-order valence-corrected chi connectivity index (χ4v) is 10.7. The largest absolute Gasteiger partial charge is 0.497 e. The number of methoxy groups -OCH3 is 1. The summed E-state index contributed by atoms with van der Waals surface area (Å²) in [4.78, 5) is 51.3. The van der Waals surface area contributed by atoms with E-state index < -0.39 is 5.76 Å². The van der Waals surface area contributed by atoms with Crippen molar-refractivity contribution in [3.05, 3.63) is 135 Å². The number of ether oxygens (including phenoxy) is 1. The van der Waals surface area contributed by atoms with Crippen molar-refractivity contribution >= 4 is 67.9 Å². The molecule has 3 aliphatic rings. The molecule has 0 saturated carbocycles. The van der Waals surface area contributed by atoms with E-state index in [0.29, 0.717) is 62.8 Å². The van der Waals surface area contributed by atoms with Crippen LogP contribution in [0.4, 0.5) is 11.4 Å². The molecule has 2 aliphatic heterocycles. The summed E-state index contributed by atoms with van der Waals surface area (Å²) < 4.78 is 14.1. The average Bonchev–Trinajstić information content (AvgIpc) is 4.12. The molecule has 7 heterocycles. The number of nitrogens with two attached hydrogens (primary N) is 1. The van der Waals surface area contributed by atoms with Crippen molar-refractivity contribution in [2.24, 2.45) is 11.7 Å². The van der Waals surface area contributed by atoms with Crippen LogP contribution in [0.2, 0.25) is 0 Å². The van der Waals surface area contributed by atoms with Crippen LogP contribution in [-0.2, 0) is 0 Å². The van der Waals surface area contributed by atoms with E-state index in [0.717, 1.165) is 70.9 Å². The van der Waals surface area contributed by atoms with Crippen LogP contribution < -0.4 is 37.1 Å². The number of amides is 2. The van der Waals surface area contributed by atoms with Gasteiger partial charge in [0.05, 0.1) is 69.1 Å².